The average molecular weight is 422 g/mol. The Morgan fingerprint density at radius 3 is 2.58 bits per heavy atom. The number of nitrogens with one attached hydrogen (secondary N) is 1. The quantitative estimate of drug-likeness (QED) is 0.521. The van der Waals surface area contributed by atoms with Gasteiger partial charge in [-0.25, -0.2) is 4.79 Å². The van der Waals surface area contributed by atoms with Gasteiger partial charge in [0.25, 0.3) is 0 Å². The number of benzene rings is 2. The number of aliphatic carboxylic acids is 1. The van der Waals surface area contributed by atoms with Crippen LogP contribution in [0.5, 0.6) is 5.75 Å². The SMILES string of the molecule is O=C(O)[C@@H]1CCCN1C(=O)[C@H](Cc1ccc(O)cc1)Nc1nnnn1-c1ccccc1. The third-order valence-corrected chi connectivity index (χ3v) is 5.27. The van der Waals surface area contributed by atoms with Crippen LogP contribution >= 0.6 is 0 Å². The minimum atomic E-state index is -1.01. The topological polar surface area (TPSA) is 133 Å². The van der Waals surface area contributed by atoms with Crippen LogP contribution < -0.4 is 5.32 Å². The molecule has 0 spiro atoms. The van der Waals surface area contributed by atoms with Gasteiger partial charge in [0.05, 0.1) is 5.69 Å². The number of tetrazole rings is 1. The minimum absolute atomic E-state index is 0.123. The number of carboxylic acids is 1. The normalized spacial score (nSPS) is 16.8. The largest absolute Gasteiger partial charge is 0.508 e. The number of phenolic OH excluding ortho intramolecular Hbond substituents is 1. The zero-order valence-electron chi connectivity index (χ0n) is 16.6. The van der Waals surface area contributed by atoms with Crippen molar-refractivity contribution < 1.29 is 19.8 Å². The first-order valence-corrected chi connectivity index (χ1v) is 9.94. The summed E-state index contributed by atoms with van der Waals surface area (Å²) in [6.07, 6.45) is 1.33. The molecule has 0 aliphatic carbocycles. The van der Waals surface area contributed by atoms with Gasteiger partial charge in [-0.15, -0.1) is 0 Å². The highest BCUT2D eigenvalue weighted by Crippen LogP contribution is 2.22. The van der Waals surface area contributed by atoms with Crippen molar-refractivity contribution in [3.05, 3.63) is 60.2 Å². The van der Waals surface area contributed by atoms with Gasteiger partial charge in [0.15, 0.2) is 0 Å². The summed E-state index contributed by atoms with van der Waals surface area (Å²) in [4.78, 5) is 26.4. The molecule has 0 saturated carbocycles. The number of carboxylic acid groups (broad SMARTS) is 1. The molecule has 1 fully saturated rings. The summed E-state index contributed by atoms with van der Waals surface area (Å²) in [6, 6.07) is 14.1. The number of carbonyl (C=O) groups is 2. The predicted molar refractivity (Wildman–Crippen MR) is 111 cm³/mol. The lowest BCUT2D eigenvalue weighted by atomic mass is 10.0. The molecule has 2 atom stereocenters. The monoisotopic (exact) mass is 422 g/mol. The second kappa shape index (κ2) is 8.82. The molecule has 3 aromatic rings. The third kappa shape index (κ3) is 4.47. The lowest BCUT2D eigenvalue weighted by molar-refractivity contribution is -0.148. The molecule has 0 radical (unpaired) electrons. The Morgan fingerprint density at radius 1 is 1.13 bits per heavy atom. The number of anilines is 1. The average Bonchev–Trinajstić information content (AvgIpc) is 3.45. The number of aromatic nitrogens is 4. The Balaban J connectivity index is 1.63. The van der Waals surface area contributed by atoms with Gasteiger partial charge in [-0.1, -0.05) is 35.4 Å². The van der Waals surface area contributed by atoms with E-state index in [9.17, 15) is 19.8 Å². The first kappa shape index (κ1) is 20.3. The molecule has 31 heavy (non-hydrogen) atoms. The summed E-state index contributed by atoms with van der Waals surface area (Å²) in [5.41, 5.74) is 1.52. The van der Waals surface area contributed by atoms with E-state index in [1.807, 2.05) is 30.3 Å². The lowest BCUT2D eigenvalue weighted by Crippen LogP contribution is -2.49. The third-order valence-electron chi connectivity index (χ3n) is 5.27. The number of hydrogen-bond acceptors (Lipinski definition) is 7. The van der Waals surface area contributed by atoms with E-state index in [0.717, 1.165) is 11.3 Å². The number of phenols is 1. The fraction of sp³-hybridized carbons (Fsp3) is 0.286. The molecular weight excluding hydrogens is 400 g/mol. The Kier molecular flexibility index (Phi) is 5.78. The van der Waals surface area contributed by atoms with E-state index in [1.165, 1.54) is 9.58 Å². The van der Waals surface area contributed by atoms with Crippen LogP contribution in [0.1, 0.15) is 18.4 Å². The highest BCUT2D eigenvalue weighted by Gasteiger charge is 2.37. The van der Waals surface area contributed by atoms with Crippen LogP contribution in [-0.2, 0) is 16.0 Å². The Bertz CT molecular complexity index is 1050. The van der Waals surface area contributed by atoms with Crippen LogP contribution in [0.2, 0.25) is 0 Å². The van der Waals surface area contributed by atoms with Gasteiger partial charge in [0, 0.05) is 13.0 Å². The molecule has 2 aromatic carbocycles. The van der Waals surface area contributed by atoms with Crippen molar-refractivity contribution in [3.63, 3.8) is 0 Å². The number of para-hydroxylation sites is 1. The van der Waals surface area contributed by atoms with Gasteiger partial charge in [0.1, 0.15) is 17.8 Å². The van der Waals surface area contributed by atoms with Crippen LogP contribution in [-0.4, -0.2) is 65.8 Å². The molecule has 0 unspecified atom stereocenters. The molecule has 2 heterocycles. The van der Waals surface area contributed by atoms with Gasteiger partial charge in [-0.3, -0.25) is 4.79 Å². The van der Waals surface area contributed by atoms with Crippen LogP contribution in [0.25, 0.3) is 5.69 Å². The molecule has 1 aliphatic heterocycles. The summed E-state index contributed by atoms with van der Waals surface area (Å²) in [7, 11) is 0. The Hall–Kier alpha value is -3.95. The Morgan fingerprint density at radius 2 is 1.87 bits per heavy atom. The molecule has 10 heteroatoms. The molecule has 1 amide bonds. The number of hydrogen-bond donors (Lipinski definition) is 3. The van der Waals surface area contributed by atoms with Gasteiger partial charge in [-0.2, -0.15) is 4.68 Å². The summed E-state index contributed by atoms with van der Waals surface area (Å²) in [5.74, 6) is -0.948. The fourth-order valence-corrected chi connectivity index (χ4v) is 3.73. The zero-order valence-corrected chi connectivity index (χ0v) is 16.6. The van der Waals surface area contributed by atoms with E-state index >= 15 is 0 Å². The van der Waals surface area contributed by atoms with Crippen molar-refractivity contribution in [3.8, 4) is 11.4 Å². The van der Waals surface area contributed by atoms with E-state index in [1.54, 1.807) is 24.3 Å². The van der Waals surface area contributed by atoms with Crippen LogP contribution in [0.3, 0.4) is 0 Å². The van der Waals surface area contributed by atoms with Gasteiger partial charge >= 0.3 is 5.97 Å². The number of rotatable bonds is 7. The molecule has 1 aliphatic rings. The number of amides is 1. The summed E-state index contributed by atoms with van der Waals surface area (Å²) in [6.45, 7) is 0.382. The highest BCUT2D eigenvalue weighted by atomic mass is 16.4. The molecule has 10 nitrogen and oxygen atoms in total. The second-order valence-corrected chi connectivity index (χ2v) is 7.35. The molecule has 160 valence electrons. The zero-order chi connectivity index (χ0) is 21.8. The van der Waals surface area contributed by atoms with Crippen molar-refractivity contribution in [2.45, 2.75) is 31.3 Å². The van der Waals surface area contributed by atoms with Crippen LogP contribution in [0.4, 0.5) is 5.95 Å². The smallest absolute Gasteiger partial charge is 0.326 e. The highest BCUT2D eigenvalue weighted by molar-refractivity contribution is 5.89. The van der Waals surface area contributed by atoms with Gasteiger partial charge in [0.2, 0.25) is 11.9 Å². The van der Waals surface area contributed by atoms with Crippen LogP contribution in [0, 0.1) is 0 Å². The van der Waals surface area contributed by atoms with E-state index in [-0.39, 0.29) is 24.0 Å². The molecular formula is C21H22N6O4. The van der Waals surface area contributed by atoms with E-state index < -0.39 is 18.1 Å². The maximum atomic E-state index is 13.4. The molecule has 0 bridgehead atoms. The van der Waals surface area contributed by atoms with Crippen molar-refractivity contribution in [1.82, 2.24) is 25.1 Å². The number of carbonyl (C=O) groups excluding carboxylic acids is 1. The van der Waals surface area contributed by atoms with Gasteiger partial charge < -0.3 is 20.4 Å². The first-order valence-electron chi connectivity index (χ1n) is 9.94. The van der Waals surface area contributed by atoms with Crippen molar-refractivity contribution >= 4 is 17.8 Å². The first-order chi connectivity index (χ1) is 15.0. The maximum Gasteiger partial charge on any atom is 0.326 e. The van der Waals surface area contributed by atoms with E-state index in [2.05, 4.69) is 20.8 Å². The maximum absolute atomic E-state index is 13.4. The van der Waals surface area contributed by atoms with E-state index in [0.29, 0.717) is 19.4 Å². The van der Waals surface area contributed by atoms with Gasteiger partial charge in [-0.05, 0) is 53.1 Å². The number of aromatic hydroxyl groups is 1. The van der Waals surface area contributed by atoms with Crippen molar-refractivity contribution in [1.29, 1.82) is 0 Å². The second-order valence-electron chi connectivity index (χ2n) is 7.35. The molecule has 3 N–H and O–H groups in total. The van der Waals surface area contributed by atoms with Crippen molar-refractivity contribution in [2.75, 3.05) is 11.9 Å². The summed E-state index contributed by atoms with van der Waals surface area (Å²) < 4.78 is 1.48. The summed E-state index contributed by atoms with van der Waals surface area (Å²) in [5, 5.41) is 33.9. The minimum Gasteiger partial charge on any atom is -0.508 e. The predicted octanol–water partition coefficient (Wildman–Crippen LogP) is 1.47. The Labute approximate surface area is 178 Å². The van der Waals surface area contributed by atoms with Crippen molar-refractivity contribution in [2.24, 2.45) is 0 Å². The van der Waals surface area contributed by atoms with E-state index in [4.69, 9.17) is 0 Å². The lowest BCUT2D eigenvalue weighted by Gasteiger charge is -2.27. The number of likely N-dealkylation sites (tertiary alicyclic amines) is 1. The van der Waals surface area contributed by atoms with Crippen LogP contribution in [0.15, 0.2) is 54.6 Å². The molecule has 1 saturated heterocycles. The summed E-state index contributed by atoms with van der Waals surface area (Å²) >= 11 is 0. The molecule has 4 rings (SSSR count). The fourth-order valence-electron chi connectivity index (χ4n) is 3.73. The number of nitrogens with zero attached hydrogens (tertiary/aromatic N) is 5. The molecule has 1 aromatic heterocycles. The standard InChI is InChI=1S/C21H22N6O4/c28-16-10-8-14(9-11-16)13-17(19(29)26-12-4-7-18(26)20(30)31)22-21-23-24-25-27(21)15-5-2-1-3-6-15/h1-3,5-6,8-11,17-18,28H,4,7,12-13H2,(H,30,31)(H,22,23,25)/t17-,18-/m0/s1.